The number of esters is 1. The van der Waals surface area contributed by atoms with Gasteiger partial charge >= 0.3 is 5.97 Å². The molecule has 0 aliphatic carbocycles. The van der Waals surface area contributed by atoms with Crippen molar-refractivity contribution in [2.24, 2.45) is 4.99 Å². The van der Waals surface area contributed by atoms with Gasteiger partial charge in [0.2, 0.25) is 5.90 Å². The molecule has 0 saturated carbocycles. The van der Waals surface area contributed by atoms with Crippen LogP contribution in [0.1, 0.15) is 9.75 Å². The molecule has 1 saturated heterocycles. The molecule has 0 atom stereocenters. The Hall–Kier alpha value is -1.96. The molecule has 2 aliphatic heterocycles. The molecule has 2 aromatic heterocycles. The first kappa shape index (κ1) is 14.6. The standard InChI is InChI=1S/C16H14N2O3S2/c19-16-12(17-15(21-16)13-2-1-9-22-13)10-11-3-4-14(23-11)18-5-7-20-8-6-18/h1-4,9-10H,5-8H2/b12-10-. The van der Waals surface area contributed by atoms with E-state index >= 15 is 0 Å². The van der Waals surface area contributed by atoms with Gasteiger partial charge in [0, 0.05) is 18.0 Å². The highest BCUT2D eigenvalue weighted by Gasteiger charge is 2.25. The molecule has 1 fully saturated rings. The van der Waals surface area contributed by atoms with E-state index in [1.165, 1.54) is 16.3 Å². The zero-order valence-electron chi connectivity index (χ0n) is 12.2. The molecular weight excluding hydrogens is 332 g/mol. The number of nitrogens with zero attached hydrogens (tertiary/aromatic N) is 2. The van der Waals surface area contributed by atoms with Gasteiger partial charge in [-0.15, -0.1) is 22.7 Å². The summed E-state index contributed by atoms with van der Waals surface area (Å²) in [5, 5.41) is 3.12. The second-order valence-electron chi connectivity index (χ2n) is 5.09. The molecule has 4 rings (SSSR count). The first-order valence-corrected chi connectivity index (χ1v) is 8.98. The minimum atomic E-state index is -0.394. The molecule has 118 valence electrons. The summed E-state index contributed by atoms with van der Waals surface area (Å²) < 4.78 is 10.6. The first-order chi connectivity index (χ1) is 11.3. The molecule has 0 amide bonds. The van der Waals surface area contributed by atoms with Crippen molar-refractivity contribution in [2.45, 2.75) is 0 Å². The maximum atomic E-state index is 12.0. The summed E-state index contributed by atoms with van der Waals surface area (Å²) >= 11 is 3.15. The predicted octanol–water partition coefficient (Wildman–Crippen LogP) is 2.99. The number of rotatable bonds is 3. The summed E-state index contributed by atoms with van der Waals surface area (Å²) in [6, 6.07) is 7.88. The molecule has 23 heavy (non-hydrogen) atoms. The highest BCUT2D eigenvalue weighted by molar-refractivity contribution is 7.17. The van der Waals surface area contributed by atoms with Gasteiger partial charge < -0.3 is 14.4 Å². The maximum absolute atomic E-state index is 12.0. The van der Waals surface area contributed by atoms with Crippen LogP contribution in [0.5, 0.6) is 0 Å². The topological polar surface area (TPSA) is 51.1 Å². The lowest BCUT2D eigenvalue weighted by Crippen LogP contribution is -2.35. The lowest BCUT2D eigenvalue weighted by molar-refractivity contribution is -0.129. The number of ether oxygens (including phenoxy) is 2. The Bertz CT molecular complexity index is 771. The molecule has 0 bridgehead atoms. The Balaban J connectivity index is 1.55. The number of thiophene rings is 2. The normalized spacial score (nSPS) is 20.0. The summed E-state index contributed by atoms with van der Waals surface area (Å²) in [6.07, 6.45) is 1.79. The van der Waals surface area contributed by atoms with E-state index in [1.807, 2.05) is 23.6 Å². The van der Waals surface area contributed by atoms with Crippen molar-refractivity contribution in [1.29, 1.82) is 0 Å². The molecule has 4 heterocycles. The number of cyclic esters (lactones) is 1. The van der Waals surface area contributed by atoms with Crippen LogP contribution in [0.25, 0.3) is 6.08 Å². The second-order valence-corrected chi connectivity index (χ2v) is 7.13. The Kier molecular flexibility index (Phi) is 3.99. The smallest absolute Gasteiger partial charge is 0.363 e. The maximum Gasteiger partial charge on any atom is 0.363 e. The number of hydrogen-bond acceptors (Lipinski definition) is 7. The molecule has 0 radical (unpaired) electrons. The Morgan fingerprint density at radius 2 is 2.09 bits per heavy atom. The lowest BCUT2D eigenvalue weighted by atomic mass is 10.3. The minimum absolute atomic E-state index is 0.351. The van der Waals surface area contributed by atoms with Crippen LogP contribution < -0.4 is 4.90 Å². The van der Waals surface area contributed by atoms with Crippen LogP contribution in [-0.2, 0) is 14.3 Å². The van der Waals surface area contributed by atoms with Crippen LogP contribution in [-0.4, -0.2) is 38.2 Å². The van der Waals surface area contributed by atoms with Gasteiger partial charge in [-0.1, -0.05) is 6.07 Å². The number of carbonyl (C=O) groups is 1. The third-order valence-electron chi connectivity index (χ3n) is 3.57. The SMILES string of the molecule is O=C1OC(c2cccs2)=N/C1=C\c1ccc(N2CCOCC2)s1. The average Bonchev–Trinajstić information content (AvgIpc) is 3.31. The third-order valence-corrected chi connectivity index (χ3v) is 5.52. The molecule has 0 unspecified atom stereocenters. The van der Waals surface area contributed by atoms with E-state index < -0.39 is 5.97 Å². The van der Waals surface area contributed by atoms with Crippen molar-refractivity contribution in [2.75, 3.05) is 31.2 Å². The van der Waals surface area contributed by atoms with Gasteiger partial charge in [0.25, 0.3) is 0 Å². The van der Waals surface area contributed by atoms with E-state index in [-0.39, 0.29) is 0 Å². The van der Waals surface area contributed by atoms with Gasteiger partial charge in [0.1, 0.15) is 0 Å². The number of anilines is 1. The zero-order chi connectivity index (χ0) is 15.6. The number of aliphatic imine (C=N–C) groups is 1. The van der Waals surface area contributed by atoms with Crippen LogP contribution in [0, 0.1) is 0 Å². The van der Waals surface area contributed by atoms with Crippen LogP contribution in [0.2, 0.25) is 0 Å². The zero-order valence-corrected chi connectivity index (χ0v) is 13.9. The fourth-order valence-corrected chi connectivity index (χ4v) is 4.07. The fourth-order valence-electron chi connectivity index (χ4n) is 2.42. The second kappa shape index (κ2) is 6.27. The summed E-state index contributed by atoms with van der Waals surface area (Å²) in [6.45, 7) is 3.32. The van der Waals surface area contributed by atoms with Gasteiger partial charge in [-0.2, -0.15) is 0 Å². The lowest BCUT2D eigenvalue weighted by Gasteiger charge is -2.27. The van der Waals surface area contributed by atoms with Crippen molar-refractivity contribution in [1.82, 2.24) is 0 Å². The van der Waals surface area contributed by atoms with Gasteiger partial charge in [-0.05, 0) is 29.7 Å². The van der Waals surface area contributed by atoms with E-state index in [4.69, 9.17) is 9.47 Å². The Morgan fingerprint density at radius 1 is 1.22 bits per heavy atom. The number of carbonyl (C=O) groups excluding carboxylic acids is 1. The molecule has 2 aliphatic rings. The molecule has 0 aromatic carbocycles. The number of morpholine rings is 1. The predicted molar refractivity (Wildman–Crippen MR) is 92.3 cm³/mol. The largest absolute Gasteiger partial charge is 0.401 e. The highest BCUT2D eigenvalue weighted by atomic mass is 32.1. The Labute approximate surface area is 141 Å². The van der Waals surface area contributed by atoms with Gasteiger partial charge in [-0.25, -0.2) is 9.79 Å². The monoisotopic (exact) mass is 346 g/mol. The van der Waals surface area contributed by atoms with Crippen molar-refractivity contribution in [3.05, 3.63) is 45.1 Å². The quantitative estimate of drug-likeness (QED) is 0.633. The van der Waals surface area contributed by atoms with Crippen molar-refractivity contribution in [3.63, 3.8) is 0 Å². The van der Waals surface area contributed by atoms with Crippen molar-refractivity contribution < 1.29 is 14.3 Å². The van der Waals surface area contributed by atoms with Crippen molar-refractivity contribution >= 4 is 45.6 Å². The molecule has 5 nitrogen and oxygen atoms in total. The van der Waals surface area contributed by atoms with E-state index in [1.54, 1.807) is 17.4 Å². The summed E-state index contributed by atoms with van der Waals surface area (Å²) in [7, 11) is 0. The van der Waals surface area contributed by atoms with Gasteiger partial charge in [0.15, 0.2) is 5.70 Å². The summed E-state index contributed by atoms with van der Waals surface area (Å²) in [4.78, 5) is 20.4. The highest BCUT2D eigenvalue weighted by Crippen LogP contribution is 2.30. The van der Waals surface area contributed by atoms with E-state index in [9.17, 15) is 4.79 Å². The fraction of sp³-hybridized carbons (Fsp3) is 0.250. The molecular formula is C16H14N2O3S2. The van der Waals surface area contributed by atoms with Gasteiger partial charge in [0.05, 0.1) is 23.1 Å². The molecule has 2 aromatic rings. The van der Waals surface area contributed by atoms with Crippen LogP contribution in [0.3, 0.4) is 0 Å². The molecule has 0 N–H and O–H groups in total. The molecule has 0 spiro atoms. The Morgan fingerprint density at radius 3 is 2.87 bits per heavy atom. The first-order valence-electron chi connectivity index (χ1n) is 7.28. The minimum Gasteiger partial charge on any atom is -0.401 e. The summed E-state index contributed by atoms with van der Waals surface area (Å²) in [5.74, 6) is -0.00377. The van der Waals surface area contributed by atoms with Gasteiger partial charge in [-0.3, -0.25) is 0 Å². The average molecular weight is 346 g/mol. The van der Waals surface area contributed by atoms with Crippen LogP contribution in [0.15, 0.2) is 40.3 Å². The third kappa shape index (κ3) is 3.08. The molecule has 7 heteroatoms. The van der Waals surface area contributed by atoms with Crippen molar-refractivity contribution in [3.8, 4) is 0 Å². The summed E-state index contributed by atoms with van der Waals surface area (Å²) in [5.41, 5.74) is 0.351. The number of hydrogen-bond donors (Lipinski definition) is 0. The van der Waals surface area contributed by atoms with E-state index in [0.29, 0.717) is 11.6 Å². The van der Waals surface area contributed by atoms with E-state index in [0.717, 1.165) is 36.1 Å². The van der Waals surface area contributed by atoms with Crippen LogP contribution >= 0.6 is 22.7 Å². The van der Waals surface area contributed by atoms with E-state index in [2.05, 4.69) is 16.0 Å². The van der Waals surface area contributed by atoms with Crippen LogP contribution in [0.4, 0.5) is 5.00 Å².